The lowest BCUT2D eigenvalue weighted by Gasteiger charge is -2.44. The summed E-state index contributed by atoms with van der Waals surface area (Å²) < 4.78 is 24.4. The Morgan fingerprint density at radius 2 is 2.00 bits per heavy atom. The van der Waals surface area contributed by atoms with Crippen LogP contribution < -0.4 is 0 Å². The minimum atomic E-state index is -0.713. The van der Waals surface area contributed by atoms with Gasteiger partial charge in [-0.2, -0.15) is 0 Å². The second-order valence-electron chi connectivity index (χ2n) is 11.0. The largest absolute Gasteiger partial charge is 0.393 e. The fourth-order valence-corrected chi connectivity index (χ4v) is 6.08. The quantitative estimate of drug-likeness (QED) is 0.487. The van der Waals surface area contributed by atoms with Crippen LogP contribution in [-0.2, 0) is 0 Å². The molecule has 6 atom stereocenters. The highest BCUT2D eigenvalue weighted by atomic mass is 16.3. The van der Waals surface area contributed by atoms with Gasteiger partial charge < -0.3 is 10.2 Å². The van der Waals surface area contributed by atoms with Crippen LogP contribution in [0.15, 0.2) is 47.5 Å². The zero-order valence-corrected chi connectivity index (χ0v) is 19.7. The SMILES string of the molecule is [2H]C([2H])=C1CC[C@@H](O)C/C1=C([2H])/C=C1\CCC[C@]2(C)[C@@H]([C@H](C)/C=C/[C@H](C)C(C)(C)O)CC[C@@H]12. The molecule has 168 valence electrons. The summed E-state index contributed by atoms with van der Waals surface area (Å²) in [5.74, 6) is 1.59. The molecule has 0 aliphatic heterocycles. The summed E-state index contributed by atoms with van der Waals surface area (Å²) >= 11 is 0. The van der Waals surface area contributed by atoms with E-state index in [4.69, 9.17) is 4.11 Å². The summed E-state index contributed by atoms with van der Waals surface area (Å²) in [7, 11) is 0. The van der Waals surface area contributed by atoms with Crippen LogP contribution in [0.25, 0.3) is 0 Å². The molecule has 0 radical (unpaired) electrons. The van der Waals surface area contributed by atoms with Gasteiger partial charge in [0.05, 0.1) is 15.8 Å². The van der Waals surface area contributed by atoms with E-state index in [1.165, 1.54) is 18.4 Å². The van der Waals surface area contributed by atoms with Crippen molar-refractivity contribution in [3.63, 3.8) is 0 Å². The summed E-state index contributed by atoms with van der Waals surface area (Å²) in [5.41, 5.74) is 2.16. The lowest BCUT2D eigenvalue weighted by atomic mass is 9.61. The predicted molar refractivity (Wildman–Crippen MR) is 127 cm³/mol. The Morgan fingerprint density at radius 3 is 2.70 bits per heavy atom. The number of aliphatic hydroxyl groups is 2. The van der Waals surface area contributed by atoms with Crippen LogP contribution >= 0.6 is 0 Å². The van der Waals surface area contributed by atoms with Crippen LogP contribution in [0, 0.1) is 29.1 Å². The van der Waals surface area contributed by atoms with Gasteiger partial charge >= 0.3 is 0 Å². The summed E-state index contributed by atoms with van der Waals surface area (Å²) in [6.07, 6.45) is 13.2. The van der Waals surface area contributed by atoms with Crippen molar-refractivity contribution in [1.29, 1.82) is 0 Å². The number of aliphatic hydroxyl groups excluding tert-OH is 1. The highest BCUT2D eigenvalue weighted by Gasteiger charge is 2.50. The van der Waals surface area contributed by atoms with Gasteiger partial charge in [-0.1, -0.05) is 62.7 Å². The maximum atomic E-state index is 10.3. The monoisotopic (exact) mass is 415 g/mol. The number of allylic oxidation sites excluding steroid dienone is 5. The Hall–Kier alpha value is -1.12. The van der Waals surface area contributed by atoms with Crippen molar-refractivity contribution in [1.82, 2.24) is 0 Å². The minimum absolute atomic E-state index is 0.108. The molecule has 0 spiro atoms. The van der Waals surface area contributed by atoms with E-state index < -0.39 is 11.7 Å². The molecule has 0 saturated heterocycles. The van der Waals surface area contributed by atoms with Gasteiger partial charge in [-0.05, 0) is 94.0 Å². The molecule has 0 amide bonds. The second-order valence-corrected chi connectivity index (χ2v) is 11.0. The Morgan fingerprint density at radius 1 is 1.23 bits per heavy atom. The van der Waals surface area contributed by atoms with Crippen molar-refractivity contribution in [2.24, 2.45) is 29.1 Å². The van der Waals surface area contributed by atoms with Gasteiger partial charge in [-0.3, -0.25) is 0 Å². The first-order chi connectivity index (χ1) is 15.3. The van der Waals surface area contributed by atoms with Crippen LogP contribution in [0.2, 0.25) is 0 Å². The molecule has 30 heavy (non-hydrogen) atoms. The number of rotatable bonds is 5. The molecular formula is C28H44O2. The van der Waals surface area contributed by atoms with Gasteiger partial charge in [0.1, 0.15) is 0 Å². The molecule has 3 rings (SSSR count). The van der Waals surface area contributed by atoms with E-state index in [0.717, 1.165) is 19.3 Å². The van der Waals surface area contributed by atoms with Crippen LogP contribution in [0.5, 0.6) is 0 Å². The van der Waals surface area contributed by atoms with E-state index in [1.54, 1.807) is 0 Å². The van der Waals surface area contributed by atoms with Crippen LogP contribution in [0.3, 0.4) is 0 Å². The second kappa shape index (κ2) is 9.17. The molecule has 2 N–H and O–H groups in total. The Labute approximate surface area is 189 Å². The molecule has 2 nitrogen and oxygen atoms in total. The van der Waals surface area contributed by atoms with Gasteiger partial charge in [-0.15, -0.1) is 0 Å². The first-order valence-electron chi connectivity index (χ1n) is 13.5. The average Bonchev–Trinajstić information content (AvgIpc) is 3.08. The van der Waals surface area contributed by atoms with Crippen molar-refractivity contribution < 1.29 is 14.3 Å². The highest BCUT2D eigenvalue weighted by Crippen LogP contribution is 2.59. The smallest absolute Gasteiger partial charge is 0.0651 e. The molecule has 3 aliphatic rings. The molecule has 3 saturated carbocycles. The zero-order chi connectivity index (χ0) is 24.6. The summed E-state index contributed by atoms with van der Waals surface area (Å²) in [6.45, 7) is 10.3. The lowest BCUT2D eigenvalue weighted by Crippen LogP contribution is -2.35. The molecule has 0 aromatic carbocycles. The van der Waals surface area contributed by atoms with E-state index >= 15 is 0 Å². The van der Waals surface area contributed by atoms with Crippen molar-refractivity contribution in [3.05, 3.63) is 47.5 Å². The van der Waals surface area contributed by atoms with Crippen molar-refractivity contribution in [2.45, 2.75) is 97.7 Å². The third-order valence-corrected chi connectivity index (χ3v) is 8.45. The molecule has 0 aromatic heterocycles. The third kappa shape index (κ3) is 5.02. The average molecular weight is 416 g/mol. The molecule has 0 unspecified atom stereocenters. The number of fused-ring (bicyclic) bond motifs is 1. The first-order valence-corrected chi connectivity index (χ1v) is 12.0. The van der Waals surface area contributed by atoms with E-state index in [-0.39, 0.29) is 17.9 Å². The van der Waals surface area contributed by atoms with E-state index in [1.807, 2.05) is 19.9 Å². The summed E-state index contributed by atoms with van der Waals surface area (Å²) in [4.78, 5) is 0. The minimum Gasteiger partial charge on any atom is -0.393 e. The topological polar surface area (TPSA) is 40.5 Å². The third-order valence-electron chi connectivity index (χ3n) is 8.45. The van der Waals surface area contributed by atoms with Crippen LogP contribution in [0.1, 0.15) is 90.1 Å². The Kier molecular flexibility index (Phi) is 5.98. The maximum Gasteiger partial charge on any atom is 0.0651 e. The van der Waals surface area contributed by atoms with Crippen molar-refractivity contribution in [3.8, 4) is 0 Å². The van der Waals surface area contributed by atoms with E-state index in [2.05, 4.69) is 32.9 Å². The maximum absolute atomic E-state index is 10.3. The Bertz CT molecular complexity index is 844. The highest BCUT2D eigenvalue weighted by molar-refractivity contribution is 5.36. The van der Waals surface area contributed by atoms with E-state index in [0.29, 0.717) is 54.2 Å². The van der Waals surface area contributed by atoms with Crippen LogP contribution in [-0.4, -0.2) is 21.9 Å². The molecule has 3 fully saturated rings. The number of hydrogen-bond acceptors (Lipinski definition) is 2. The molecular weight excluding hydrogens is 368 g/mol. The lowest BCUT2D eigenvalue weighted by molar-refractivity contribution is 0.0436. The van der Waals surface area contributed by atoms with Gasteiger partial charge in [0.15, 0.2) is 0 Å². The first kappa shape index (κ1) is 19.6. The standard InChI is InChI=1S/C28H44O2/c1-19-10-14-24(29)18-23(19)13-12-22-8-7-17-28(6)25(15-16-26(22)28)20(2)9-11-21(3)27(4,5)30/h9,11-13,20-21,24-26,29-30H,1,7-8,10,14-18H2,2-6H3/b11-9+,22-12+,23-13-/t20-,21+,24-,25-,26+,28-/m1/s1/i1D2,13D. The molecule has 0 bridgehead atoms. The fraction of sp³-hybridized carbons (Fsp3) is 0.714. The zero-order valence-electron chi connectivity index (χ0n) is 22.7. The molecule has 0 heterocycles. The van der Waals surface area contributed by atoms with Gasteiger partial charge in [-0.25, -0.2) is 0 Å². The van der Waals surface area contributed by atoms with Gasteiger partial charge in [0, 0.05) is 5.92 Å². The van der Waals surface area contributed by atoms with Crippen molar-refractivity contribution >= 4 is 0 Å². The van der Waals surface area contributed by atoms with Crippen molar-refractivity contribution in [2.75, 3.05) is 0 Å². The normalized spacial score (nSPS) is 39.3. The summed E-state index contributed by atoms with van der Waals surface area (Å²) in [5, 5.41) is 20.4. The number of hydrogen-bond donors (Lipinski definition) is 2. The Balaban J connectivity index is 1.85. The molecule has 3 aliphatic carbocycles. The fourth-order valence-electron chi connectivity index (χ4n) is 6.08. The van der Waals surface area contributed by atoms with E-state index in [9.17, 15) is 10.2 Å². The van der Waals surface area contributed by atoms with Crippen LogP contribution in [0.4, 0.5) is 0 Å². The van der Waals surface area contributed by atoms with Gasteiger partial charge in [0.2, 0.25) is 0 Å². The predicted octanol–water partition coefficient (Wildman–Crippen LogP) is 6.76. The summed E-state index contributed by atoms with van der Waals surface area (Å²) in [6, 6.07) is 0.399. The molecule has 2 heteroatoms. The van der Waals surface area contributed by atoms with Gasteiger partial charge in [0.25, 0.3) is 0 Å². The molecule has 0 aromatic rings.